The van der Waals surface area contributed by atoms with Gasteiger partial charge >= 0.3 is 0 Å². The molecule has 7 heteroatoms. The fourth-order valence-corrected chi connectivity index (χ4v) is 4.28. The van der Waals surface area contributed by atoms with E-state index in [0.29, 0.717) is 5.56 Å². The van der Waals surface area contributed by atoms with Gasteiger partial charge in [0.05, 0.1) is 4.90 Å². The predicted octanol–water partition coefficient (Wildman–Crippen LogP) is 1.03. The zero-order valence-electron chi connectivity index (χ0n) is 11.6. The molecule has 1 fully saturated rings. The minimum atomic E-state index is -3.84. The van der Waals surface area contributed by atoms with Gasteiger partial charge in [0.25, 0.3) is 0 Å². The third kappa shape index (κ3) is 2.31. The fourth-order valence-electron chi connectivity index (χ4n) is 2.32. The normalized spacial score (nSPS) is 19.7. The van der Waals surface area contributed by atoms with Crippen molar-refractivity contribution in [3.8, 4) is 0 Å². The first-order valence-corrected chi connectivity index (χ1v) is 7.68. The van der Waals surface area contributed by atoms with Crippen LogP contribution in [0, 0.1) is 12.7 Å². The Morgan fingerprint density at radius 1 is 1.35 bits per heavy atom. The minimum Gasteiger partial charge on any atom is -0.353 e. The number of carbonyl (C=O) groups excluding carboxylic acids is 1. The van der Waals surface area contributed by atoms with Gasteiger partial charge in [-0.2, -0.15) is 4.31 Å². The Balaban J connectivity index is 2.52. The van der Waals surface area contributed by atoms with E-state index in [4.69, 9.17) is 0 Å². The molecule has 20 heavy (non-hydrogen) atoms. The molecule has 0 spiro atoms. The molecule has 1 N–H and O–H groups in total. The summed E-state index contributed by atoms with van der Waals surface area (Å²) in [6, 6.07) is 3.52. The van der Waals surface area contributed by atoms with Crippen LogP contribution < -0.4 is 5.32 Å². The van der Waals surface area contributed by atoms with Crippen LogP contribution >= 0.6 is 0 Å². The monoisotopic (exact) mass is 300 g/mol. The van der Waals surface area contributed by atoms with Crippen LogP contribution in [0.1, 0.15) is 19.4 Å². The second-order valence-electron chi connectivity index (χ2n) is 5.30. The van der Waals surface area contributed by atoms with Crippen molar-refractivity contribution in [3.63, 3.8) is 0 Å². The van der Waals surface area contributed by atoms with Crippen LogP contribution in [-0.2, 0) is 14.8 Å². The third-order valence-electron chi connectivity index (χ3n) is 3.48. The summed E-state index contributed by atoms with van der Waals surface area (Å²) in [6.07, 6.45) is 0. The van der Waals surface area contributed by atoms with Crippen LogP contribution in [0.5, 0.6) is 0 Å². The number of aryl methyl sites for hydroxylation is 1. The van der Waals surface area contributed by atoms with E-state index in [1.54, 1.807) is 13.8 Å². The number of carbonyl (C=O) groups is 1. The number of piperazine rings is 1. The number of benzene rings is 1. The molecule has 0 radical (unpaired) electrons. The van der Waals surface area contributed by atoms with E-state index in [1.165, 1.54) is 23.4 Å². The minimum absolute atomic E-state index is 0.0293. The molecule has 0 atom stereocenters. The summed E-state index contributed by atoms with van der Waals surface area (Å²) in [5.74, 6) is -0.829. The van der Waals surface area contributed by atoms with E-state index in [2.05, 4.69) is 5.32 Å². The maximum atomic E-state index is 13.1. The summed E-state index contributed by atoms with van der Waals surface area (Å²) < 4.78 is 39.7. The highest BCUT2D eigenvalue weighted by molar-refractivity contribution is 7.89. The molecule has 0 unspecified atom stereocenters. The Morgan fingerprint density at radius 2 is 2.00 bits per heavy atom. The number of nitrogens with zero attached hydrogens (tertiary/aromatic N) is 1. The number of nitrogens with one attached hydrogen (secondary N) is 1. The lowest BCUT2D eigenvalue weighted by molar-refractivity contribution is -0.131. The first-order chi connectivity index (χ1) is 9.17. The zero-order chi connectivity index (χ0) is 15.1. The van der Waals surface area contributed by atoms with Crippen LogP contribution in [0.25, 0.3) is 0 Å². The average Bonchev–Trinajstić information content (AvgIpc) is 2.31. The largest absolute Gasteiger partial charge is 0.353 e. The summed E-state index contributed by atoms with van der Waals surface area (Å²) in [7, 11) is -3.84. The van der Waals surface area contributed by atoms with Gasteiger partial charge in [-0.25, -0.2) is 12.8 Å². The Labute approximate surface area is 117 Å². The van der Waals surface area contributed by atoms with Gasteiger partial charge in [-0.3, -0.25) is 4.79 Å². The maximum absolute atomic E-state index is 13.1. The van der Waals surface area contributed by atoms with E-state index in [0.717, 1.165) is 6.07 Å². The molecular formula is C13H17FN2O3S. The van der Waals surface area contributed by atoms with Crippen molar-refractivity contribution in [2.24, 2.45) is 0 Å². The number of hydrogen-bond acceptors (Lipinski definition) is 3. The fraction of sp³-hybridized carbons (Fsp3) is 0.462. The predicted molar refractivity (Wildman–Crippen MR) is 72.1 cm³/mol. The molecule has 0 saturated carbocycles. The van der Waals surface area contributed by atoms with Crippen LogP contribution in [-0.4, -0.2) is 37.3 Å². The number of hydrogen-bond donors (Lipinski definition) is 1. The lowest BCUT2D eigenvalue weighted by Gasteiger charge is -2.40. The Hall–Kier alpha value is -1.47. The molecule has 5 nitrogen and oxygen atoms in total. The van der Waals surface area contributed by atoms with Crippen LogP contribution in [0.2, 0.25) is 0 Å². The Morgan fingerprint density at radius 3 is 2.60 bits per heavy atom. The highest BCUT2D eigenvalue weighted by Crippen LogP contribution is 2.28. The van der Waals surface area contributed by atoms with Crippen molar-refractivity contribution >= 4 is 15.9 Å². The van der Waals surface area contributed by atoms with Gasteiger partial charge in [0.1, 0.15) is 11.4 Å². The second kappa shape index (κ2) is 4.82. The molecular weight excluding hydrogens is 283 g/mol. The third-order valence-corrected chi connectivity index (χ3v) is 5.72. The van der Waals surface area contributed by atoms with E-state index < -0.39 is 21.4 Å². The van der Waals surface area contributed by atoms with Crippen molar-refractivity contribution in [3.05, 3.63) is 29.6 Å². The standard InChI is InChI=1S/C13H17FN2O3S/c1-9-8-10(14)4-5-11(9)20(18,19)16-7-6-15-12(17)13(16,2)3/h4-5,8H,6-7H2,1-3H3,(H,15,17). The molecule has 1 aromatic carbocycles. The van der Waals surface area contributed by atoms with E-state index in [1.807, 2.05) is 0 Å². The lowest BCUT2D eigenvalue weighted by Crippen LogP contribution is -2.63. The molecule has 1 aliphatic heterocycles. The van der Waals surface area contributed by atoms with Crippen molar-refractivity contribution in [2.45, 2.75) is 31.2 Å². The highest BCUT2D eigenvalue weighted by Gasteiger charge is 2.45. The highest BCUT2D eigenvalue weighted by atomic mass is 32.2. The molecule has 1 saturated heterocycles. The quantitative estimate of drug-likeness (QED) is 0.887. The topological polar surface area (TPSA) is 66.5 Å². The van der Waals surface area contributed by atoms with Gasteiger partial charge < -0.3 is 5.32 Å². The first kappa shape index (κ1) is 14.9. The molecule has 0 bridgehead atoms. The van der Waals surface area contributed by atoms with Gasteiger partial charge in [-0.05, 0) is 44.5 Å². The smallest absolute Gasteiger partial charge is 0.244 e. The average molecular weight is 300 g/mol. The Bertz CT molecular complexity index is 656. The molecule has 1 aromatic rings. The van der Waals surface area contributed by atoms with Gasteiger partial charge in [-0.1, -0.05) is 0 Å². The number of halogens is 1. The Kier molecular flexibility index (Phi) is 3.60. The molecule has 1 aliphatic rings. The summed E-state index contributed by atoms with van der Waals surface area (Å²) in [6.45, 7) is 5.10. The van der Waals surface area contributed by atoms with Crippen LogP contribution in [0.3, 0.4) is 0 Å². The van der Waals surface area contributed by atoms with E-state index in [9.17, 15) is 17.6 Å². The van der Waals surface area contributed by atoms with Crippen LogP contribution in [0.4, 0.5) is 4.39 Å². The SMILES string of the molecule is Cc1cc(F)ccc1S(=O)(=O)N1CCNC(=O)C1(C)C. The van der Waals surface area contributed by atoms with Gasteiger partial charge in [0.2, 0.25) is 15.9 Å². The lowest BCUT2D eigenvalue weighted by atomic mass is 10.0. The van der Waals surface area contributed by atoms with Crippen molar-refractivity contribution in [2.75, 3.05) is 13.1 Å². The summed E-state index contributed by atoms with van der Waals surface area (Å²) in [5, 5.41) is 2.64. The van der Waals surface area contributed by atoms with E-state index >= 15 is 0 Å². The molecule has 2 rings (SSSR count). The number of sulfonamides is 1. The summed E-state index contributed by atoms with van der Waals surface area (Å²) >= 11 is 0. The molecule has 110 valence electrons. The molecule has 1 amide bonds. The van der Waals surface area contributed by atoms with Crippen molar-refractivity contribution < 1.29 is 17.6 Å². The number of rotatable bonds is 2. The van der Waals surface area contributed by atoms with Crippen molar-refractivity contribution in [1.29, 1.82) is 0 Å². The van der Waals surface area contributed by atoms with Crippen LogP contribution in [0.15, 0.2) is 23.1 Å². The first-order valence-electron chi connectivity index (χ1n) is 6.24. The number of amides is 1. The van der Waals surface area contributed by atoms with Crippen molar-refractivity contribution in [1.82, 2.24) is 9.62 Å². The van der Waals surface area contributed by atoms with Gasteiger partial charge in [0, 0.05) is 13.1 Å². The zero-order valence-corrected chi connectivity index (χ0v) is 12.4. The summed E-state index contributed by atoms with van der Waals surface area (Å²) in [4.78, 5) is 11.9. The molecule has 0 aliphatic carbocycles. The van der Waals surface area contributed by atoms with Gasteiger partial charge in [-0.15, -0.1) is 0 Å². The molecule has 0 aromatic heterocycles. The summed E-state index contributed by atoms with van der Waals surface area (Å²) in [5.41, 5.74) is -0.843. The van der Waals surface area contributed by atoms with E-state index in [-0.39, 0.29) is 23.9 Å². The van der Waals surface area contributed by atoms with Gasteiger partial charge in [0.15, 0.2) is 0 Å². The maximum Gasteiger partial charge on any atom is 0.244 e. The second-order valence-corrected chi connectivity index (χ2v) is 7.13. The molecule has 1 heterocycles.